The van der Waals surface area contributed by atoms with Crippen molar-refractivity contribution in [3.05, 3.63) is 0 Å². The lowest BCUT2D eigenvalue weighted by molar-refractivity contribution is -0.146. The lowest BCUT2D eigenvalue weighted by Gasteiger charge is -2.19. The van der Waals surface area contributed by atoms with Crippen LogP contribution in [-0.4, -0.2) is 18.6 Å². The minimum atomic E-state index is -0.491. The van der Waals surface area contributed by atoms with Crippen molar-refractivity contribution in [2.24, 2.45) is 17.1 Å². The van der Waals surface area contributed by atoms with Crippen molar-refractivity contribution in [2.75, 3.05) is 6.61 Å². The van der Waals surface area contributed by atoms with Gasteiger partial charge in [0, 0.05) is 0 Å². The van der Waals surface area contributed by atoms with Gasteiger partial charge in [0.25, 0.3) is 0 Å². The molecule has 0 spiro atoms. The molecule has 0 aromatic carbocycles. The maximum atomic E-state index is 11.3. The van der Waals surface area contributed by atoms with E-state index in [1.54, 1.807) is 0 Å². The zero-order valence-corrected chi connectivity index (χ0v) is 9.96. The summed E-state index contributed by atoms with van der Waals surface area (Å²) in [6.45, 7) is 10.6. The van der Waals surface area contributed by atoms with Crippen molar-refractivity contribution in [1.29, 1.82) is 0 Å². The molecule has 0 aliphatic carbocycles. The fourth-order valence-corrected chi connectivity index (χ4v) is 0.826. The number of carbonyl (C=O) groups excluding carboxylic acids is 1. The van der Waals surface area contributed by atoms with Gasteiger partial charge in [-0.25, -0.2) is 0 Å². The average molecular weight is 201 g/mol. The van der Waals surface area contributed by atoms with E-state index in [1.165, 1.54) is 0 Å². The summed E-state index contributed by atoms with van der Waals surface area (Å²) in [5, 5.41) is 0. The maximum absolute atomic E-state index is 11.3. The van der Waals surface area contributed by atoms with Crippen molar-refractivity contribution >= 4 is 5.97 Å². The summed E-state index contributed by atoms with van der Waals surface area (Å²) in [7, 11) is 0. The van der Waals surface area contributed by atoms with E-state index < -0.39 is 6.04 Å². The van der Waals surface area contributed by atoms with Crippen molar-refractivity contribution in [3.8, 4) is 0 Å². The second kappa shape index (κ2) is 5.35. The van der Waals surface area contributed by atoms with Crippen molar-refractivity contribution in [3.63, 3.8) is 0 Å². The van der Waals surface area contributed by atoms with Crippen LogP contribution < -0.4 is 5.73 Å². The molecule has 0 aromatic heterocycles. The monoisotopic (exact) mass is 201 g/mol. The van der Waals surface area contributed by atoms with E-state index in [2.05, 4.69) is 20.8 Å². The Labute approximate surface area is 87.0 Å². The van der Waals surface area contributed by atoms with Crippen LogP contribution in [0.4, 0.5) is 0 Å². The van der Waals surface area contributed by atoms with Gasteiger partial charge >= 0.3 is 5.97 Å². The van der Waals surface area contributed by atoms with Crippen LogP contribution in [0.25, 0.3) is 0 Å². The van der Waals surface area contributed by atoms with Gasteiger partial charge in [0.2, 0.25) is 0 Å². The molecular formula is C11H23NO2. The van der Waals surface area contributed by atoms with Gasteiger partial charge in [-0.05, 0) is 17.8 Å². The first kappa shape index (κ1) is 13.4. The zero-order valence-electron chi connectivity index (χ0n) is 9.96. The predicted molar refractivity (Wildman–Crippen MR) is 57.8 cm³/mol. The molecule has 84 valence electrons. The maximum Gasteiger partial charge on any atom is 0.323 e. The van der Waals surface area contributed by atoms with Crippen LogP contribution in [0.1, 0.15) is 41.0 Å². The Kier molecular flexibility index (Phi) is 5.13. The van der Waals surface area contributed by atoms with Crippen LogP contribution in [0, 0.1) is 11.3 Å². The smallest absolute Gasteiger partial charge is 0.323 e. The van der Waals surface area contributed by atoms with Crippen molar-refractivity contribution < 1.29 is 9.53 Å². The molecule has 0 aliphatic rings. The lowest BCUT2D eigenvalue weighted by Crippen LogP contribution is -2.37. The summed E-state index contributed by atoms with van der Waals surface area (Å²) in [5.74, 6) is -0.151. The minimum Gasteiger partial charge on any atom is -0.465 e. The van der Waals surface area contributed by atoms with Gasteiger partial charge in [-0.3, -0.25) is 4.79 Å². The second-order valence-corrected chi connectivity index (χ2v) is 5.25. The molecule has 2 N–H and O–H groups in total. The molecule has 0 saturated carbocycles. The molecule has 0 aliphatic heterocycles. The van der Waals surface area contributed by atoms with Crippen LogP contribution in [0.5, 0.6) is 0 Å². The summed E-state index contributed by atoms with van der Waals surface area (Å²) in [4.78, 5) is 11.3. The molecule has 0 amide bonds. The van der Waals surface area contributed by atoms with Crippen LogP contribution >= 0.6 is 0 Å². The van der Waals surface area contributed by atoms with Gasteiger partial charge in [0.15, 0.2) is 0 Å². The first-order chi connectivity index (χ1) is 6.24. The van der Waals surface area contributed by atoms with E-state index in [-0.39, 0.29) is 17.3 Å². The fraction of sp³-hybridized carbons (Fsp3) is 0.909. The van der Waals surface area contributed by atoms with E-state index in [1.807, 2.05) is 13.8 Å². The fourth-order valence-electron chi connectivity index (χ4n) is 0.826. The molecule has 0 saturated heterocycles. The molecular weight excluding hydrogens is 178 g/mol. The standard InChI is InChI=1S/C11H23NO2/c1-8(2)9(12)10(13)14-7-6-11(3,4)5/h8-9H,6-7,12H2,1-5H3. The molecule has 14 heavy (non-hydrogen) atoms. The Balaban J connectivity index is 3.75. The largest absolute Gasteiger partial charge is 0.465 e. The van der Waals surface area contributed by atoms with E-state index in [0.29, 0.717) is 6.61 Å². The van der Waals surface area contributed by atoms with Gasteiger partial charge in [0.05, 0.1) is 6.61 Å². The number of carbonyl (C=O) groups is 1. The predicted octanol–water partition coefficient (Wildman–Crippen LogP) is 1.95. The summed E-state index contributed by atoms with van der Waals surface area (Å²) >= 11 is 0. The summed E-state index contributed by atoms with van der Waals surface area (Å²) in [6, 6.07) is -0.491. The normalized spacial score (nSPS) is 14.2. The zero-order chi connectivity index (χ0) is 11.4. The molecule has 1 unspecified atom stereocenters. The van der Waals surface area contributed by atoms with Gasteiger partial charge in [-0.15, -0.1) is 0 Å². The molecule has 3 heteroatoms. The Hall–Kier alpha value is -0.570. The molecule has 0 rings (SSSR count). The first-order valence-electron chi connectivity index (χ1n) is 5.16. The van der Waals surface area contributed by atoms with Crippen LogP contribution in [-0.2, 0) is 9.53 Å². The first-order valence-corrected chi connectivity index (χ1v) is 5.16. The summed E-state index contributed by atoms with van der Waals surface area (Å²) in [5.41, 5.74) is 5.83. The third-order valence-electron chi connectivity index (χ3n) is 2.09. The van der Waals surface area contributed by atoms with Gasteiger partial charge in [-0.2, -0.15) is 0 Å². The number of hydrogen-bond acceptors (Lipinski definition) is 3. The molecule has 0 heterocycles. The molecule has 3 nitrogen and oxygen atoms in total. The van der Waals surface area contributed by atoms with Gasteiger partial charge in [0.1, 0.15) is 6.04 Å². The Bertz CT molecular complexity index is 182. The number of rotatable bonds is 4. The van der Waals surface area contributed by atoms with E-state index in [4.69, 9.17) is 10.5 Å². The molecule has 0 fully saturated rings. The third kappa shape index (κ3) is 5.97. The minimum absolute atomic E-state index is 0.136. The summed E-state index contributed by atoms with van der Waals surface area (Å²) < 4.78 is 5.08. The van der Waals surface area contributed by atoms with E-state index >= 15 is 0 Å². The number of esters is 1. The average Bonchev–Trinajstić information content (AvgIpc) is 2.00. The van der Waals surface area contributed by atoms with E-state index in [0.717, 1.165) is 6.42 Å². The molecule has 0 aromatic rings. The van der Waals surface area contributed by atoms with E-state index in [9.17, 15) is 4.79 Å². The van der Waals surface area contributed by atoms with Crippen LogP contribution in [0.2, 0.25) is 0 Å². The van der Waals surface area contributed by atoms with Crippen LogP contribution in [0.3, 0.4) is 0 Å². The topological polar surface area (TPSA) is 52.3 Å². The third-order valence-corrected chi connectivity index (χ3v) is 2.09. The van der Waals surface area contributed by atoms with Gasteiger partial charge < -0.3 is 10.5 Å². The molecule has 1 atom stereocenters. The molecule has 0 radical (unpaired) electrons. The number of ether oxygens (including phenoxy) is 1. The highest BCUT2D eigenvalue weighted by atomic mass is 16.5. The number of hydrogen-bond donors (Lipinski definition) is 1. The Morgan fingerprint density at radius 1 is 1.36 bits per heavy atom. The SMILES string of the molecule is CC(C)C(N)C(=O)OCCC(C)(C)C. The van der Waals surface area contributed by atoms with Crippen LogP contribution in [0.15, 0.2) is 0 Å². The highest BCUT2D eigenvalue weighted by Gasteiger charge is 2.19. The number of nitrogens with two attached hydrogens (primary N) is 1. The quantitative estimate of drug-likeness (QED) is 0.707. The van der Waals surface area contributed by atoms with Crippen molar-refractivity contribution in [1.82, 2.24) is 0 Å². The van der Waals surface area contributed by atoms with Crippen molar-refractivity contribution in [2.45, 2.75) is 47.1 Å². The second-order valence-electron chi connectivity index (χ2n) is 5.25. The Morgan fingerprint density at radius 3 is 2.21 bits per heavy atom. The lowest BCUT2D eigenvalue weighted by atomic mass is 9.93. The van der Waals surface area contributed by atoms with Gasteiger partial charge in [-0.1, -0.05) is 34.6 Å². The highest BCUT2D eigenvalue weighted by Crippen LogP contribution is 2.18. The Morgan fingerprint density at radius 2 is 1.86 bits per heavy atom. The summed E-state index contributed by atoms with van der Waals surface area (Å²) in [6.07, 6.45) is 0.865. The highest BCUT2D eigenvalue weighted by molar-refractivity contribution is 5.75. The molecule has 0 bridgehead atoms.